The van der Waals surface area contributed by atoms with E-state index in [0.717, 1.165) is 30.0 Å². The molecule has 0 aromatic heterocycles. The Hall–Kier alpha value is -0.0800. The summed E-state index contributed by atoms with van der Waals surface area (Å²) in [4.78, 5) is 2.88. The SMILES string of the molecule is CCCNC1CCC(C(C)C)CC1N1CCCC1CC. The van der Waals surface area contributed by atoms with E-state index in [2.05, 4.69) is 37.9 Å². The molecule has 1 N–H and O–H groups in total. The Kier molecular flexibility index (Phi) is 6.35. The summed E-state index contributed by atoms with van der Waals surface area (Å²) >= 11 is 0. The summed E-state index contributed by atoms with van der Waals surface area (Å²) in [6.45, 7) is 12.0. The number of rotatable bonds is 6. The third-order valence-electron chi connectivity index (χ3n) is 5.78. The predicted molar refractivity (Wildman–Crippen MR) is 88.1 cm³/mol. The maximum atomic E-state index is 3.86. The standard InChI is InChI=1S/C18H36N2/c1-5-11-19-17-10-9-15(14(3)4)13-18(17)20-12-7-8-16(20)6-2/h14-19H,5-13H2,1-4H3. The lowest BCUT2D eigenvalue weighted by molar-refractivity contribution is 0.0723. The van der Waals surface area contributed by atoms with E-state index >= 15 is 0 Å². The first kappa shape index (κ1) is 16.3. The van der Waals surface area contributed by atoms with Crippen molar-refractivity contribution in [3.63, 3.8) is 0 Å². The molecule has 4 atom stereocenters. The van der Waals surface area contributed by atoms with E-state index in [4.69, 9.17) is 0 Å². The number of hydrogen-bond donors (Lipinski definition) is 1. The Morgan fingerprint density at radius 3 is 2.60 bits per heavy atom. The van der Waals surface area contributed by atoms with Crippen LogP contribution in [-0.4, -0.2) is 36.1 Å². The summed E-state index contributed by atoms with van der Waals surface area (Å²) in [5, 5.41) is 3.86. The first-order chi connectivity index (χ1) is 9.67. The summed E-state index contributed by atoms with van der Waals surface area (Å²) in [5.41, 5.74) is 0. The molecule has 2 aliphatic rings. The predicted octanol–water partition coefficient (Wildman–Crippen LogP) is 4.05. The van der Waals surface area contributed by atoms with E-state index in [1.807, 2.05) is 0 Å². The number of nitrogens with one attached hydrogen (secondary N) is 1. The molecular formula is C18H36N2. The molecule has 1 aliphatic carbocycles. The minimum Gasteiger partial charge on any atom is -0.312 e. The van der Waals surface area contributed by atoms with Gasteiger partial charge in [-0.1, -0.05) is 27.7 Å². The van der Waals surface area contributed by atoms with Crippen molar-refractivity contribution >= 4 is 0 Å². The molecule has 0 amide bonds. The molecule has 118 valence electrons. The van der Waals surface area contributed by atoms with Gasteiger partial charge in [-0.15, -0.1) is 0 Å². The van der Waals surface area contributed by atoms with Crippen LogP contribution in [0.4, 0.5) is 0 Å². The Morgan fingerprint density at radius 2 is 1.95 bits per heavy atom. The first-order valence-electron chi connectivity index (χ1n) is 9.16. The molecule has 0 radical (unpaired) electrons. The van der Waals surface area contributed by atoms with Gasteiger partial charge in [0.25, 0.3) is 0 Å². The molecule has 1 aliphatic heterocycles. The molecule has 1 saturated heterocycles. The summed E-state index contributed by atoms with van der Waals surface area (Å²) in [5.74, 6) is 1.80. The Morgan fingerprint density at radius 1 is 1.15 bits per heavy atom. The zero-order valence-corrected chi connectivity index (χ0v) is 14.2. The van der Waals surface area contributed by atoms with Crippen molar-refractivity contribution < 1.29 is 0 Å². The fraction of sp³-hybridized carbons (Fsp3) is 1.00. The lowest BCUT2D eigenvalue weighted by Crippen LogP contribution is -2.55. The quantitative estimate of drug-likeness (QED) is 0.789. The molecule has 0 spiro atoms. The number of likely N-dealkylation sites (tertiary alicyclic amines) is 1. The van der Waals surface area contributed by atoms with Crippen LogP contribution in [-0.2, 0) is 0 Å². The average molecular weight is 280 g/mol. The monoisotopic (exact) mass is 280 g/mol. The van der Waals surface area contributed by atoms with Gasteiger partial charge in [-0.05, 0) is 69.9 Å². The van der Waals surface area contributed by atoms with Crippen LogP contribution in [0.25, 0.3) is 0 Å². The van der Waals surface area contributed by atoms with E-state index in [1.165, 1.54) is 58.0 Å². The molecule has 2 fully saturated rings. The van der Waals surface area contributed by atoms with Gasteiger partial charge < -0.3 is 5.32 Å². The topological polar surface area (TPSA) is 15.3 Å². The summed E-state index contributed by atoms with van der Waals surface area (Å²) in [7, 11) is 0. The van der Waals surface area contributed by atoms with Gasteiger partial charge in [0.15, 0.2) is 0 Å². The summed E-state index contributed by atoms with van der Waals surface area (Å²) in [6, 6.07) is 2.41. The second kappa shape index (κ2) is 7.79. The van der Waals surface area contributed by atoms with Crippen LogP contribution in [0.3, 0.4) is 0 Å². The van der Waals surface area contributed by atoms with Gasteiger partial charge in [0.1, 0.15) is 0 Å². The molecule has 0 aromatic rings. The van der Waals surface area contributed by atoms with E-state index in [9.17, 15) is 0 Å². The van der Waals surface area contributed by atoms with Crippen molar-refractivity contribution in [1.29, 1.82) is 0 Å². The molecule has 0 aromatic carbocycles. The second-order valence-electron chi connectivity index (χ2n) is 7.39. The minimum atomic E-state index is 0.747. The molecule has 4 unspecified atom stereocenters. The van der Waals surface area contributed by atoms with Gasteiger partial charge in [0, 0.05) is 18.1 Å². The van der Waals surface area contributed by atoms with Gasteiger partial charge in [0.05, 0.1) is 0 Å². The summed E-state index contributed by atoms with van der Waals surface area (Å²) < 4.78 is 0. The van der Waals surface area contributed by atoms with E-state index in [1.54, 1.807) is 0 Å². The van der Waals surface area contributed by atoms with Crippen molar-refractivity contribution in [3.8, 4) is 0 Å². The molecule has 0 bridgehead atoms. The van der Waals surface area contributed by atoms with E-state index in [-0.39, 0.29) is 0 Å². The van der Waals surface area contributed by atoms with Crippen molar-refractivity contribution in [2.24, 2.45) is 11.8 Å². The molecular weight excluding hydrogens is 244 g/mol. The highest BCUT2D eigenvalue weighted by molar-refractivity contribution is 4.95. The van der Waals surface area contributed by atoms with Crippen LogP contribution in [0, 0.1) is 11.8 Å². The second-order valence-corrected chi connectivity index (χ2v) is 7.39. The fourth-order valence-corrected chi connectivity index (χ4v) is 4.45. The molecule has 2 nitrogen and oxygen atoms in total. The van der Waals surface area contributed by atoms with Gasteiger partial charge in [0.2, 0.25) is 0 Å². The molecule has 2 heteroatoms. The van der Waals surface area contributed by atoms with Crippen molar-refractivity contribution in [1.82, 2.24) is 10.2 Å². The smallest absolute Gasteiger partial charge is 0.0255 e. The maximum Gasteiger partial charge on any atom is 0.0255 e. The van der Waals surface area contributed by atoms with Crippen molar-refractivity contribution in [2.75, 3.05) is 13.1 Å². The van der Waals surface area contributed by atoms with Crippen LogP contribution in [0.15, 0.2) is 0 Å². The summed E-state index contributed by atoms with van der Waals surface area (Å²) in [6.07, 6.45) is 9.69. The fourth-order valence-electron chi connectivity index (χ4n) is 4.45. The molecule has 1 heterocycles. The maximum absolute atomic E-state index is 3.86. The lowest BCUT2D eigenvalue weighted by atomic mass is 9.76. The van der Waals surface area contributed by atoms with Crippen molar-refractivity contribution in [2.45, 2.75) is 90.8 Å². The van der Waals surface area contributed by atoms with Crippen LogP contribution in [0.1, 0.15) is 72.6 Å². The average Bonchev–Trinajstić information content (AvgIpc) is 2.93. The lowest BCUT2D eigenvalue weighted by Gasteiger charge is -2.45. The van der Waals surface area contributed by atoms with E-state index in [0.29, 0.717) is 0 Å². The highest BCUT2D eigenvalue weighted by atomic mass is 15.2. The number of nitrogens with zero attached hydrogens (tertiary/aromatic N) is 1. The highest BCUT2D eigenvalue weighted by Gasteiger charge is 2.38. The zero-order chi connectivity index (χ0) is 14.5. The van der Waals surface area contributed by atoms with Crippen molar-refractivity contribution in [3.05, 3.63) is 0 Å². The van der Waals surface area contributed by atoms with Gasteiger partial charge >= 0.3 is 0 Å². The highest BCUT2D eigenvalue weighted by Crippen LogP contribution is 2.36. The van der Waals surface area contributed by atoms with Crippen LogP contribution >= 0.6 is 0 Å². The van der Waals surface area contributed by atoms with Crippen LogP contribution in [0.5, 0.6) is 0 Å². The van der Waals surface area contributed by atoms with Gasteiger partial charge in [-0.3, -0.25) is 4.90 Å². The zero-order valence-electron chi connectivity index (χ0n) is 14.2. The number of hydrogen-bond acceptors (Lipinski definition) is 2. The first-order valence-corrected chi connectivity index (χ1v) is 9.16. The Balaban J connectivity index is 2.04. The normalized spacial score (nSPS) is 35.9. The largest absolute Gasteiger partial charge is 0.312 e. The molecule has 2 rings (SSSR count). The van der Waals surface area contributed by atoms with Gasteiger partial charge in [-0.2, -0.15) is 0 Å². The van der Waals surface area contributed by atoms with Crippen LogP contribution < -0.4 is 5.32 Å². The third-order valence-corrected chi connectivity index (χ3v) is 5.78. The van der Waals surface area contributed by atoms with Gasteiger partial charge in [-0.25, -0.2) is 0 Å². The van der Waals surface area contributed by atoms with E-state index < -0.39 is 0 Å². The Labute approximate surface area is 126 Å². The molecule has 20 heavy (non-hydrogen) atoms. The minimum absolute atomic E-state index is 0.747. The molecule has 1 saturated carbocycles. The van der Waals surface area contributed by atoms with Crippen LogP contribution in [0.2, 0.25) is 0 Å². The third kappa shape index (κ3) is 3.76. The Bertz CT molecular complexity index is 277.